The van der Waals surface area contributed by atoms with E-state index >= 15 is 0 Å². The molecule has 0 amide bonds. The first kappa shape index (κ1) is 11.7. The zero-order valence-corrected chi connectivity index (χ0v) is 9.41. The number of rotatable bonds is 3. The molecule has 0 radical (unpaired) electrons. The number of ether oxygens (including phenoxy) is 1. The third kappa shape index (κ3) is 3.06. The summed E-state index contributed by atoms with van der Waals surface area (Å²) in [6.07, 6.45) is 0. The minimum absolute atomic E-state index is 0.310. The van der Waals surface area contributed by atoms with Crippen molar-refractivity contribution in [2.75, 3.05) is 0 Å². The van der Waals surface area contributed by atoms with Crippen molar-refractivity contribution < 1.29 is 9.53 Å². The fraction of sp³-hybridized carbons (Fsp3) is 0.417. The fourth-order valence-corrected chi connectivity index (χ4v) is 1.55. The van der Waals surface area contributed by atoms with Gasteiger partial charge in [0.1, 0.15) is 5.75 Å². The molecule has 3 heteroatoms. The van der Waals surface area contributed by atoms with Crippen LogP contribution in [0.5, 0.6) is 5.75 Å². The number of hydrogen-bond acceptors (Lipinski definition) is 3. The lowest BCUT2D eigenvalue weighted by atomic mass is 9.97. The molecule has 15 heavy (non-hydrogen) atoms. The standard InChI is InChI=1S/C12H17NO2/c1-8(2)12-5-4-11(15-9(3)14)6-10(12)7-13/h4-6,8H,7,13H2,1-3H3. The Bertz CT molecular complexity index is 359. The molecule has 0 fully saturated rings. The first-order valence-corrected chi connectivity index (χ1v) is 5.06. The van der Waals surface area contributed by atoms with Crippen LogP contribution in [0.3, 0.4) is 0 Å². The molecule has 1 aromatic rings. The molecule has 0 aromatic heterocycles. The summed E-state index contributed by atoms with van der Waals surface area (Å²) in [7, 11) is 0. The summed E-state index contributed by atoms with van der Waals surface area (Å²) in [6, 6.07) is 5.60. The predicted molar refractivity (Wildman–Crippen MR) is 59.7 cm³/mol. The van der Waals surface area contributed by atoms with E-state index in [-0.39, 0.29) is 5.97 Å². The van der Waals surface area contributed by atoms with Crippen LogP contribution in [0.2, 0.25) is 0 Å². The summed E-state index contributed by atoms with van der Waals surface area (Å²) in [6.45, 7) is 6.07. The Labute approximate surface area is 90.2 Å². The highest BCUT2D eigenvalue weighted by molar-refractivity contribution is 5.69. The van der Waals surface area contributed by atoms with E-state index in [4.69, 9.17) is 10.5 Å². The zero-order chi connectivity index (χ0) is 11.4. The van der Waals surface area contributed by atoms with E-state index in [2.05, 4.69) is 13.8 Å². The van der Waals surface area contributed by atoms with Crippen molar-refractivity contribution in [3.05, 3.63) is 29.3 Å². The van der Waals surface area contributed by atoms with Gasteiger partial charge < -0.3 is 10.5 Å². The smallest absolute Gasteiger partial charge is 0.308 e. The van der Waals surface area contributed by atoms with Crippen LogP contribution < -0.4 is 10.5 Å². The molecular weight excluding hydrogens is 190 g/mol. The van der Waals surface area contributed by atoms with E-state index < -0.39 is 0 Å². The molecule has 0 atom stereocenters. The van der Waals surface area contributed by atoms with Crippen LogP contribution in [0.25, 0.3) is 0 Å². The molecule has 2 N–H and O–H groups in total. The zero-order valence-electron chi connectivity index (χ0n) is 9.41. The summed E-state index contributed by atoms with van der Waals surface area (Å²) in [4.78, 5) is 10.8. The Balaban J connectivity index is 3.02. The molecule has 0 heterocycles. The molecule has 0 aliphatic rings. The summed E-state index contributed by atoms with van der Waals surface area (Å²) >= 11 is 0. The van der Waals surface area contributed by atoms with E-state index in [1.165, 1.54) is 12.5 Å². The second-order valence-electron chi connectivity index (χ2n) is 3.81. The quantitative estimate of drug-likeness (QED) is 0.610. The van der Waals surface area contributed by atoms with Gasteiger partial charge in [0.05, 0.1) is 0 Å². The van der Waals surface area contributed by atoms with Crippen LogP contribution in [0, 0.1) is 0 Å². The summed E-state index contributed by atoms with van der Waals surface area (Å²) in [5.74, 6) is 0.678. The maximum absolute atomic E-state index is 10.8. The predicted octanol–water partition coefficient (Wildman–Crippen LogP) is 2.19. The monoisotopic (exact) mass is 207 g/mol. The van der Waals surface area contributed by atoms with Crippen LogP contribution in [-0.2, 0) is 11.3 Å². The summed E-state index contributed by atoms with van der Waals surface area (Å²) in [5.41, 5.74) is 7.88. The highest BCUT2D eigenvalue weighted by atomic mass is 16.5. The minimum atomic E-state index is -0.310. The van der Waals surface area contributed by atoms with Crippen LogP contribution in [-0.4, -0.2) is 5.97 Å². The van der Waals surface area contributed by atoms with Gasteiger partial charge in [-0.3, -0.25) is 4.79 Å². The number of carbonyl (C=O) groups excluding carboxylic acids is 1. The Hall–Kier alpha value is -1.35. The van der Waals surface area contributed by atoms with Crippen LogP contribution in [0.15, 0.2) is 18.2 Å². The highest BCUT2D eigenvalue weighted by Gasteiger charge is 2.07. The summed E-state index contributed by atoms with van der Waals surface area (Å²) in [5, 5.41) is 0. The number of benzene rings is 1. The first-order chi connectivity index (χ1) is 7.04. The average molecular weight is 207 g/mol. The van der Waals surface area contributed by atoms with Gasteiger partial charge in [0.15, 0.2) is 0 Å². The third-order valence-electron chi connectivity index (χ3n) is 2.22. The minimum Gasteiger partial charge on any atom is -0.427 e. The van der Waals surface area contributed by atoms with Crippen LogP contribution in [0.1, 0.15) is 37.8 Å². The normalized spacial score (nSPS) is 10.5. The van der Waals surface area contributed by atoms with Gasteiger partial charge in [-0.25, -0.2) is 0 Å². The molecular formula is C12H17NO2. The van der Waals surface area contributed by atoms with Gasteiger partial charge in [-0.2, -0.15) is 0 Å². The highest BCUT2D eigenvalue weighted by Crippen LogP contribution is 2.23. The second kappa shape index (κ2) is 4.94. The molecule has 82 valence electrons. The van der Waals surface area contributed by atoms with Crippen molar-refractivity contribution in [1.82, 2.24) is 0 Å². The van der Waals surface area contributed by atoms with Gasteiger partial charge in [-0.05, 0) is 29.2 Å². The maximum Gasteiger partial charge on any atom is 0.308 e. The SMILES string of the molecule is CC(=O)Oc1ccc(C(C)C)c(CN)c1. The molecule has 0 aliphatic carbocycles. The largest absolute Gasteiger partial charge is 0.427 e. The van der Waals surface area contributed by atoms with Crippen LogP contribution in [0.4, 0.5) is 0 Å². The molecule has 0 spiro atoms. The number of carbonyl (C=O) groups is 1. The van der Waals surface area contributed by atoms with Gasteiger partial charge in [-0.1, -0.05) is 19.9 Å². The van der Waals surface area contributed by atoms with Gasteiger partial charge in [-0.15, -0.1) is 0 Å². The summed E-state index contributed by atoms with van der Waals surface area (Å²) < 4.78 is 5.00. The van der Waals surface area contributed by atoms with Crippen molar-refractivity contribution in [2.45, 2.75) is 33.2 Å². The Morgan fingerprint density at radius 2 is 2.13 bits per heavy atom. The molecule has 0 aliphatic heterocycles. The number of nitrogens with two attached hydrogens (primary N) is 1. The Kier molecular flexibility index (Phi) is 3.86. The van der Waals surface area contributed by atoms with Crippen molar-refractivity contribution in [2.24, 2.45) is 5.73 Å². The van der Waals surface area contributed by atoms with Crippen molar-refractivity contribution in [1.29, 1.82) is 0 Å². The number of hydrogen-bond donors (Lipinski definition) is 1. The number of esters is 1. The molecule has 0 unspecified atom stereocenters. The topological polar surface area (TPSA) is 52.3 Å². The van der Waals surface area contributed by atoms with Gasteiger partial charge in [0.25, 0.3) is 0 Å². The lowest BCUT2D eigenvalue weighted by Gasteiger charge is -2.12. The van der Waals surface area contributed by atoms with E-state index in [1.54, 1.807) is 6.07 Å². The Morgan fingerprint density at radius 1 is 1.47 bits per heavy atom. The fourth-order valence-electron chi connectivity index (χ4n) is 1.55. The molecule has 0 bridgehead atoms. The van der Waals surface area contributed by atoms with Crippen molar-refractivity contribution in [3.63, 3.8) is 0 Å². The maximum atomic E-state index is 10.8. The molecule has 3 nitrogen and oxygen atoms in total. The van der Waals surface area contributed by atoms with E-state index in [0.717, 1.165) is 5.56 Å². The lowest BCUT2D eigenvalue weighted by Crippen LogP contribution is -2.06. The average Bonchev–Trinajstić information content (AvgIpc) is 2.16. The van der Waals surface area contributed by atoms with E-state index in [0.29, 0.717) is 18.2 Å². The first-order valence-electron chi connectivity index (χ1n) is 5.06. The second-order valence-corrected chi connectivity index (χ2v) is 3.81. The van der Waals surface area contributed by atoms with Gasteiger partial charge in [0, 0.05) is 13.5 Å². The van der Waals surface area contributed by atoms with Gasteiger partial charge >= 0.3 is 5.97 Å². The Morgan fingerprint density at radius 3 is 2.60 bits per heavy atom. The van der Waals surface area contributed by atoms with Crippen LogP contribution >= 0.6 is 0 Å². The van der Waals surface area contributed by atoms with Gasteiger partial charge in [0.2, 0.25) is 0 Å². The van der Waals surface area contributed by atoms with E-state index in [1.807, 2.05) is 12.1 Å². The van der Waals surface area contributed by atoms with Crippen molar-refractivity contribution in [3.8, 4) is 5.75 Å². The third-order valence-corrected chi connectivity index (χ3v) is 2.22. The van der Waals surface area contributed by atoms with Crippen molar-refractivity contribution >= 4 is 5.97 Å². The molecule has 1 aromatic carbocycles. The molecule has 0 saturated heterocycles. The lowest BCUT2D eigenvalue weighted by molar-refractivity contribution is -0.131. The molecule has 1 rings (SSSR count). The van der Waals surface area contributed by atoms with E-state index in [9.17, 15) is 4.79 Å². The molecule has 0 saturated carbocycles.